The Bertz CT molecular complexity index is 696. The van der Waals surface area contributed by atoms with Crippen molar-refractivity contribution in [2.75, 3.05) is 19.0 Å². The zero-order chi connectivity index (χ0) is 13.2. The minimum absolute atomic E-state index is 0.572. The molecule has 1 aromatic carbocycles. The van der Waals surface area contributed by atoms with Crippen LogP contribution in [0.15, 0.2) is 28.7 Å². The van der Waals surface area contributed by atoms with E-state index in [0.717, 1.165) is 21.2 Å². The van der Waals surface area contributed by atoms with E-state index >= 15 is 0 Å². The van der Waals surface area contributed by atoms with Gasteiger partial charge in [0.2, 0.25) is 11.0 Å². The molecule has 0 N–H and O–H groups in total. The van der Waals surface area contributed by atoms with Gasteiger partial charge >= 0.3 is 0 Å². The molecule has 0 spiro atoms. The molecule has 5 nitrogen and oxygen atoms in total. The lowest BCUT2D eigenvalue weighted by atomic mass is 10.3. The van der Waals surface area contributed by atoms with Crippen molar-refractivity contribution >= 4 is 39.7 Å². The van der Waals surface area contributed by atoms with Gasteiger partial charge in [-0.05, 0) is 18.2 Å². The standard InChI is InChI=1S/C13H12N4OS/c1-17(2)13-16-15-12(19-13)8-7-11-14-9-5-3-4-6-10(9)18-11/h3-8H,1-2H3/b8-7+. The fraction of sp³-hybridized carbons (Fsp3) is 0.154. The minimum Gasteiger partial charge on any atom is -0.437 e. The number of para-hydroxylation sites is 2. The summed E-state index contributed by atoms with van der Waals surface area (Å²) in [6.07, 6.45) is 3.66. The Hall–Kier alpha value is -2.21. The summed E-state index contributed by atoms with van der Waals surface area (Å²) in [5.74, 6) is 0.572. The summed E-state index contributed by atoms with van der Waals surface area (Å²) in [5.41, 5.74) is 1.64. The zero-order valence-electron chi connectivity index (χ0n) is 10.6. The van der Waals surface area contributed by atoms with E-state index in [1.807, 2.05) is 49.3 Å². The highest BCUT2D eigenvalue weighted by atomic mass is 32.1. The summed E-state index contributed by atoms with van der Waals surface area (Å²) in [5, 5.41) is 9.84. The number of oxazole rings is 1. The highest BCUT2D eigenvalue weighted by molar-refractivity contribution is 7.16. The molecule has 0 unspecified atom stereocenters. The van der Waals surface area contributed by atoms with E-state index < -0.39 is 0 Å². The van der Waals surface area contributed by atoms with Crippen molar-refractivity contribution < 1.29 is 4.42 Å². The van der Waals surface area contributed by atoms with Gasteiger partial charge in [0.1, 0.15) is 10.5 Å². The molecule has 0 radical (unpaired) electrons. The Kier molecular flexibility index (Phi) is 3.00. The summed E-state index contributed by atoms with van der Waals surface area (Å²) >= 11 is 1.51. The minimum atomic E-state index is 0.572. The second-order valence-electron chi connectivity index (χ2n) is 4.17. The van der Waals surface area contributed by atoms with Crippen molar-refractivity contribution in [2.24, 2.45) is 0 Å². The average Bonchev–Trinajstić information content (AvgIpc) is 3.02. The first-order valence-corrected chi connectivity index (χ1v) is 6.58. The number of benzene rings is 1. The lowest BCUT2D eigenvalue weighted by Gasteiger charge is -2.03. The van der Waals surface area contributed by atoms with Crippen molar-refractivity contribution in [3.05, 3.63) is 35.2 Å². The van der Waals surface area contributed by atoms with E-state index in [4.69, 9.17) is 4.42 Å². The number of hydrogen-bond acceptors (Lipinski definition) is 6. The molecule has 2 aromatic heterocycles. The third-order valence-electron chi connectivity index (χ3n) is 2.49. The van der Waals surface area contributed by atoms with Crippen LogP contribution in [-0.4, -0.2) is 29.3 Å². The lowest BCUT2D eigenvalue weighted by Crippen LogP contribution is -2.07. The fourth-order valence-corrected chi connectivity index (χ4v) is 2.25. The van der Waals surface area contributed by atoms with Gasteiger partial charge in [-0.15, -0.1) is 10.2 Å². The van der Waals surface area contributed by atoms with Gasteiger partial charge in [0.25, 0.3) is 0 Å². The van der Waals surface area contributed by atoms with Crippen LogP contribution < -0.4 is 4.90 Å². The van der Waals surface area contributed by atoms with Crippen molar-refractivity contribution in [2.45, 2.75) is 0 Å². The Balaban J connectivity index is 1.84. The molecule has 0 aliphatic rings. The number of rotatable bonds is 3. The third-order valence-corrected chi connectivity index (χ3v) is 3.55. The maximum absolute atomic E-state index is 5.59. The number of anilines is 1. The monoisotopic (exact) mass is 272 g/mol. The topological polar surface area (TPSA) is 55.1 Å². The Morgan fingerprint density at radius 3 is 2.74 bits per heavy atom. The van der Waals surface area contributed by atoms with Crippen molar-refractivity contribution in [3.8, 4) is 0 Å². The molecule has 0 amide bonds. The average molecular weight is 272 g/mol. The Morgan fingerprint density at radius 1 is 1.16 bits per heavy atom. The predicted molar refractivity (Wildman–Crippen MR) is 77.2 cm³/mol. The van der Waals surface area contributed by atoms with Crippen LogP contribution in [0.3, 0.4) is 0 Å². The number of aromatic nitrogens is 3. The number of fused-ring (bicyclic) bond motifs is 1. The number of hydrogen-bond donors (Lipinski definition) is 0. The van der Waals surface area contributed by atoms with E-state index in [1.165, 1.54) is 11.3 Å². The molecular formula is C13H12N4OS. The molecule has 19 heavy (non-hydrogen) atoms. The van der Waals surface area contributed by atoms with Crippen LogP contribution in [0, 0.1) is 0 Å². The van der Waals surface area contributed by atoms with Gasteiger partial charge < -0.3 is 9.32 Å². The van der Waals surface area contributed by atoms with Gasteiger partial charge in [0.15, 0.2) is 5.58 Å². The van der Waals surface area contributed by atoms with Crippen LogP contribution in [0.2, 0.25) is 0 Å². The van der Waals surface area contributed by atoms with Gasteiger partial charge in [0, 0.05) is 20.2 Å². The summed E-state index contributed by atoms with van der Waals surface area (Å²) in [6.45, 7) is 0. The van der Waals surface area contributed by atoms with Crippen LogP contribution in [0.1, 0.15) is 10.9 Å². The molecule has 0 saturated heterocycles. The normalized spacial score (nSPS) is 11.5. The largest absolute Gasteiger partial charge is 0.437 e. The summed E-state index contributed by atoms with van der Waals surface area (Å²) in [7, 11) is 3.88. The fourth-order valence-electron chi connectivity index (χ4n) is 1.58. The van der Waals surface area contributed by atoms with Crippen LogP contribution in [0.5, 0.6) is 0 Å². The Labute approximate surface area is 114 Å². The first kappa shape index (κ1) is 11.9. The molecule has 2 heterocycles. The molecule has 0 fully saturated rings. The van der Waals surface area contributed by atoms with Crippen LogP contribution in [0.4, 0.5) is 5.13 Å². The second-order valence-corrected chi connectivity index (χ2v) is 5.16. The quantitative estimate of drug-likeness (QED) is 0.733. The maximum atomic E-state index is 5.59. The lowest BCUT2D eigenvalue weighted by molar-refractivity contribution is 0.589. The summed E-state index contributed by atoms with van der Waals surface area (Å²) in [4.78, 5) is 6.29. The summed E-state index contributed by atoms with van der Waals surface area (Å²) < 4.78 is 5.59. The molecular weight excluding hydrogens is 260 g/mol. The first-order chi connectivity index (χ1) is 9.22. The molecule has 0 saturated carbocycles. The van der Waals surface area contributed by atoms with E-state index in [-0.39, 0.29) is 0 Å². The van der Waals surface area contributed by atoms with E-state index in [2.05, 4.69) is 15.2 Å². The zero-order valence-corrected chi connectivity index (χ0v) is 11.4. The first-order valence-electron chi connectivity index (χ1n) is 5.77. The third kappa shape index (κ3) is 2.48. The number of nitrogens with zero attached hydrogens (tertiary/aromatic N) is 4. The highest BCUT2D eigenvalue weighted by Gasteiger charge is 2.04. The van der Waals surface area contributed by atoms with Crippen LogP contribution in [0.25, 0.3) is 23.3 Å². The second kappa shape index (κ2) is 4.81. The van der Waals surface area contributed by atoms with Gasteiger partial charge in [0.05, 0.1) is 0 Å². The molecule has 0 aliphatic carbocycles. The Morgan fingerprint density at radius 2 is 2.00 bits per heavy atom. The maximum Gasteiger partial charge on any atom is 0.220 e. The van der Waals surface area contributed by atoms with E-state index in [0.29, 0.717) is 5.89 Å². The van der Waals surface area contributed by atoms with Gasteiger partial charge in [-0.1, -0.05) is 23.5 Å². The predicted octanol–water partition coefficient (Wildman–Crippen LogP) is 2.92. The van der Waals surface area contributed by atoms with Crippen LogP contribution >= 0.6 is 11.3 Å². The van der Waals surface area contributed by atoms with Gasteiger partial charge in [-0.2, -0.15) is 0 Å². The smallest absolute Gasteiger partial charge is 0.220 e. The van der Waals surface area contributed by atoms with E-state index in [1.54, 1.807) is 6.08 Å². The van der Waals surface area contributed by atoms with Gasteiger partial charge in [-0.25, -0.2) is 4.98 Å². The molecule has 3 rings (SSSR count). The molecule has 3 aromatic rings. The van der Waals surface area contributed by atoms with Crippen molar-refractivity contribution in [3.63, 3.8) is 0 Å². The summed E-state index contributed by atoms with van der Waals surface area (Å²) in [6, 6.07) is 7.68. The molecule has 0 aliphatic heterocycles. The SMILES string of the molecule is CN(C)c1nnc(/C=C/c2nc3ccccc3o2)s1. The van der Waals surface area contributed by atoms with Gasteiger partial charge in [-0.3, -0.25) is 0 Å². The highest BCUT2D eigenvalue weighted by Crippen LogP contribution is 2.20. The van der Waals surface area contributed by atoms with Crippen LogP contribution in [-0.2, 0) is 0 Å². The molecule has 96 valence electrons. The molecule has 0 atom stereocenters. The van der Waals surface area contributed by atoms with Crippen molar-refractivity contribution in [1.29, 1.82) is 0 Å². The molecule has 0 bridgehead atoms. The van der Waals surface area contributed by atoms with E-state index in [9.17, 15) is 0 Å². The van der Waals surface area contributed by atoms with Crippen molar-refractivity contribution in [1.82, 2.24) is 15.2 Å². The molecule has 6 heteroatoms.